The van der Waals surface area contributed by atoms with Crippen molar-refractivity contribution in [2.75, 3.05) is 10.8 Å². The molecule has 0 radical (unpaired) electrons. The van der Waals surface area contributed by atoms with Crippen molar-refractivity contribution >= 4 is 92.6 Å². The highest BCUT2D eigenvalue weighted by Crippen LogP contribution is 2.37. The Hall–Kier alpha value is -3.32. The van der Waals surface area contributed by atoms with Gasteiger partial charge in [0.05, 0.1) is 26.9 Å². The largest absolute Gasteiger partial charge is 0.478 e. The predicted molar refractivity (Wildman–Crippen MR) is 208 cm³/mol. The predicted octanol–water partition coefficient (Wildman–Crippen LogP) is 9.63. The fourth-order valence-electron chi connectivity index (χ4n) is 5.75. The Bertz CT molecular complexity index is 1550. The molecule has 0 saturated carbocycles. The summed E-state index contributed by atoms with van der Waals surface area (Å²) in [5, 5.41) is 21.6. The number of hydrogen-bond acceptors (Lipinski definition) is 7. The summed E-state index contributed by atoms with van der Waals surface area (Å²) in [6, 6.07) is 4.27. The van der Waals surface area contributed by atoms with E-state index in [1.807, 2.05) is 0 Å². The van der Waals surface area contributed by atoms with Crippen LogP contribution in [0.2, 0.25) is 15.1 Å². The van der Waals surface area contributed by atoms with Gasteiger partial charge in [-0.2, -0.15) is 0 Å². The van der Waals surface area contributed by atoms with Gasteiger partial charge in [0.15, 0.2) is 11.9 Å². The second kappa shape index (κ2) is 22.7. The van der Waals surface area contributed by atoms with Gasteiger partial charge in [-0.3, -0.25) is 19.8 Å². The molecule has 0 bridgehead atoms. The third-order valence-electron chi connectivity index (χ3n) is 8.53. The first kappa shape index (κ1) is 43.1. The maximum absolute atomic E-state index is 13.6. The third-order valence-corrected chi connectivity index (χ3v) is 10.3. The summed E-state index contributed by atoms with van der Waals surface area (Å²) in [6.07, 6.45) is 19.7. The van der Waals surface area contributed by atoms with Crippen molar-refractivity contribution in [1.82, 2.24) is 10.7 Å². The van der Waals surface area contributed by atoms with Crippen molar-refractivity contribution in [2.45, 2.75) is 116 Å². The minimum atomic E-state index is -1.56. The van der Waals surface area contributed by atoms with Crippen molar-refractivity contribution < 1.29 is 34.2 Å². The van der Waals surface area contributed by atoms with E-state index in [4.69, 9.17) is 34.8 Å². The molecule has 52 heavy (non-hydrogen) atoms. The number of amides is 2. The first-order valence-corrected chi connectivity index (χ1v) is 20.0. The van der Waals surface area contributed by atoms with E-state index in [9.17, 15) is 34.2 Å². The number of nitrogens with one attached hydrogen (secondary N) is 2. The van der Waals surface area contributed by atoms with E-state index in [0.717, 1.165) is 60.7 Å². The van der Waals surface area contributed by atoms with Crippen LogP contribution in [-0.4, -0.2) is 56.7 Å². The number of hydrazine groups is 1. The van der Waals surface area contributed by atoms with E-state index in [0.29, 0.717) is 5.75 Å². The number of benzene rings is 2. The van der Waals surface area contributed by atoms with Crippen LogP contribution in [0, 0.1) is 0 Å². The Morgan fingerprint density at radius 1 is 0.750 bits per heavy atom. The van der Waals surface area contributed by atoms with Gasteiger partial charge in [-0.25, -0.2) is 19.6 Å². The lowest BCUT2D eigenvalue weighted by atomic mass is 10.0. The van der Waals surface area contributed by atoms with Crippen molar-refractivity contribution in [1.29, 1.82) is 0 Å². The van der Waals surface area contributed by atoms with Crippen molar-refractivity contribution in [2.24, 2.45) is 4.99 Å². The van der Waals surface area contributed by atoms with Crippen LogP contribution < -0.4 is 15.8 Å². The average molecular weight is 798 g/mol. The molecule has 4 N–H and O–H groups in total. The summed E-state index contributed by atoms with van der Waals surface area (Å²) >= 11 is 19.6. The first-order valence-electron chi connectivity index (χ1n) is 17.9. The fourth-order valence-corrected chi connectivity index (χ4v) is 7.46. The number of carboxylic acids is 2. The number of amidine groups is 1. The second-order valence-electron chi connectivity index (χ2n) is 12.7. The highest BCUT2D eigenvalue weighted by atomic mass is 35.5. The van der Waals surface area contributed by atoms with Gasteiger partial charge in [0.2, 0.25) is 0 Å². The van der Waals surface area contributed by atoms with E-state index in [-0.39, 0.29) is 43.4 Å². The highest BCUT2D eigenvalue weighted by molar-refractivity contribution is 8.15. The highest BCUT2D eigenvalue weighted by Gasteiger charge is 2.42. The lowest BCUT2D eigenvalue weighted by molar-refractivity contribution is -0.134. The summed E-state index contributed by atoms with van der Waals surface area (Å²) in [6.45, 7) is 2.24. The molecule has 2 amide bonds. The number of carboxylic acid groups (broad SMARTS) is 2. The number of rotatable bonds is 22. The molecule has 1 saturated heterocycles. The van der Waals surface area contributed by atoms with Gasteiger partial charge in [-0.1, -0.05) is 150 Å². The van der Waals surface area contributed by atoms with Gasteiger partial charge in [-0.15, -0.1) is 0 Å². The molecule has 1 aliphatic rings. The van der Waals surface area contributed by atoms with Gasteiger partial charge in [0, 0.05) is 10.8 Å². The quantitative estimate of drug-likeness (QED) is 0.0671. The minimum absolute atomic E-state index is 0.0168. The van der Waals surface area contributed by atoms with Crippen LogP contribution in [0.3, 0.4) is 0 Å². The summed E-state index contributed by atoms with van der Waals surface area (Å²) in [5.74, 6) is -4.48. The lowest BCUT2D eigenvalue weighted by Crippen LogP contribution is -2.46. The number of unbranched alkanes of at least 4 members (excludes halogenated alkanes) is 15. The van der Waals surface area contributed by atoms with E-state index in [1.54, 1.807) is 0 Å². The third kappa shape index (κ3) is 13.9. The van der Waals surface area contributed by atoms with Gasteiger partial charge in [0.1, 0.15) is 5.69 Å². The number of carbonyl (C=O) groups is 5. The summed E-state index contributed by atoms with van der Waals surface area (Å²) in [7, 11) is 0. The molecule has 1 atom stereocenters. The Morgan fingerprint density at radius 3 is 1.67 bits per heavy atom. The molecule has 1 unspecified atom stereocenters. The van der Waals surface area contributed by atoms with Crippen LogP contribution in [0.5, 0.6) is 0 Å². The zero-order valence-corrected chi connectivity index (χ0v) is 32.4. The van der Waals surface area contributed by atoms with Crippen LogP contribution >= 0.6 is 46.6 Å². The van der Waals surface area contributed by atoms with Crippen LogP contribution in [0.1, 0.15) is 130 Å². The second-order valence-corrected chi connectivity index (χ2v) is 15.0. The molecule has 0 aliphatic carbocycles. The van der Waals surface area contributed by atoms with Crippen LogP contribution in [0.25, 0.3) is 0 Å². The maximum Gasteiger partial charge on any atom is 0.335 e. The SMILES string of the molecule is CCCCCCCCCCCCCCCCCCSC(=O)C(=O)NC1C(=O)N(c2c(Cl)cc(Cl)cc2Cl)NC1=Nc1cc(C(=O)O)cc(C(=O)O)c1. The Morgan fingerprint density at radius 2 is 1.21 bits per heavy atom. The Labute approximate surface area is 324 Å². The van der Waals surface area contributed by atoms with Crippen LogP contribution in [0.15, 0.2) is 35.3 Å². The molecule has 1 fully saturated rings. The lowest BCUT2D eigenvalue weighted by Gasteiger charge is -2.19. The zero-order valence-electron chi connectivity index (χ0n) is 29.4. The molecule has 1 aliphatic heterocycles. The molecule has 284 valence electrons. The molecular formula is C37H47Cl3N4O7S. The molecular weight excluding hydrogens is 751 g/mol. The number of anilines is 1. The maximum atomic E-state index is 13.6. The number of halogens is 3. The number of carbonyl (C=O) groups excluding carboxylic acids is 3. The van der Waals surface area contributed by atoms with Crippen molar-refractivity contribution in [3.8, 4) is 0 Å². The van der Waals surface area contributed by atoms with Crippen LogP contribution in [-0.2, 0) is 14.4 Å². The normalized spacial score (nSPS) is 14.8. The standard InChI is InChI=1S/C37H47Cl3N4O7S/c1-2-3-4-5-6-7-8-9-10-11-12-13-14-15-16-17-18-52-37(51)33(45)42-30-32(41-27-20-24(35(47)48)19-25(21-27)36(49)50)43-44(34(30)46)31-28(39)22-26(38)23-29(31)40/h19-23,30H,2-18H2,1H3,(H,41,43)(H,42,45)(H,47,48)(H,49,50). The van der Waals surface area contributed by atoms with Crippen LogP contribution in [0.4, 0.5) is 11.4 Å². The fraction of sp³-hybridized carbons (Fsp3) is 0.514. The summed E-state index contributed by atoms with van der Waals surface area (Å²) in [4.78, 5) is 67.0. The Balaban J connectivity index is 1.52. The smallest absolute Gasteiger partial charge is 0.335 e. The number of nitrogens with zero attached hydrogens (tertiary/aromatic N) is 2. The molecule has 0 spiro atoms. The monoisotopic (exact) mass is 796 g/mol. The number of thioether (sulfide) groups is 1. The molecule has 3 rings (SSSR count). The van der Waals surface area contributed by atoms with Crippen molar-refractivity contribution in [3.05, 3.63) is 56.5 Å². The summed E-state index contributed by atoms with van der Waals surface area (Å²) < 4.78 is 0. The molecule has 0 aromatic heterocycles. The van der Waals surface area contributed by atoms with E-state index < -0.39 is 34.9 Å². The van der Waals surface area contributed by atoms with E-state index >= 15 is 0 Å². The number of hydrogen-bond donors (Lipinski definition) is 4. The van der Waals surface area contributed by atoms with Gasteiger partial charge >= 0.3 is 11.9 Å². The molecule has 2 aromatic carbocycles. The van der Waals surface area contributed by atoms with Gasteiger partial charge in [0.25, 0.3) is 16.9 Å². The molecule has 11 nitrogen and oxygen atoms in total. The molecule has 2 aromatic rings. The molecule has 15 heteroatoms. The Kier molecular flexibility index (Phi) is 18.8. The van der Waals surface area contributed by atoms with E-state index in [2.05, 4.69) is 22.7 Å². The zero-order chi connectivity index (χ0) is 38.0. The average Bonchev–Trinajstić information content (AvgIpc) is 3.38. The van der Waals surface area contributed by atoms with Gasteiger partial charge < -0.3 is 15.5 Å². The number of aliphatic imine (C=N–C) groups is 1. The topological polar surface area (TPSA) is 165 Å². The minimum Gasteiger partial charge on any atom is -0.478 e. The number of aromatic carboxylic acids is 2. The van der Waals surface area contributed by atoms with Gasteiger partial charge in [-0.05, 0) is 36.8 Å². The van der Waals surface area contributed by atoms with Crippen molar-refractivity contribution in [3.63, 3.8) is 0 Å². The van der Waals surface area contributed by atoms with E-state index in [1.165, 1.54) is 89.2 Å². The first-order chi connectivity index (χ1) is 24.9. The molecule has 1 heterocycles. The summed E-state index contributed by atoms with van der Waals surface area (Å²) in [5.41, 5.74) is 1.79.